The average Bonchev–Trinajstić information content (AvgIpc) is 2.97. The molecule has 3 aromatic carbocycles. The molecular formula is C31H33ClN2O6. The molecule has 9 heteroatoms. The first-order valence-corrected chi connectivity index (χ1v) is 13.0. The maximum absolute atomic E-state index is 12.3. The second-order valence-electron chi connectivity index (χ2n) is 8.56. The van der Waals surface area contributed by atoms with Crippen molar-refractivity contribution in [2.75, 3.05) is 20.8 Å². The Kier molecular flexibility index (Phi) is 11.6. The third-order valence-corrected chi connectivity index (χ3v) is 6.03. The number of benzene rings is 3. The minimum absolute atomic E-state index is 0.100. The van der Waals surface area contributed by atoms with E-state index in [0.29, 0.717) is 34.4 Å². The molecule has 1 unspecified atom stereocenters. The average molecular weight is 565 g/mol. The number of methoxy groups -OCH3 is 2. The number of nitrogens with zero attached hydrogens (tertiary/aromatic N) is 2. The predicted octanol–water partition coefficient (Wildman–Crippen LogP) is 6.97. The first-order chi connectivity index (χ1) is 19.4. The zero-order chi connectivity index (χ0) is 28.9. The quantitative estimate of drug-likeness (QED) is 0.0732. The summed E-state index contributed by atoms with van der Waals surface area (Å²) in [6.45, 7) is 6.10. The van der Waals surface area contributed by atoms with Crippen LogP contribution in [0.15, 0.2) is 89.4 Å². The summed E-state index contributed by atoms with van der Waals surface area (Å²) in [5.74, 6) is 0.185. The summed E-state index contributed by atoms with van der Waals surface area (Å²) in [7, 11) is 2.78. The molecule has 0 heterocycles. The Morgan fingerprint density at radius 1 is 0.950 bits per heavy atom. The lowest BCUT2D eigenvalue weighted by Crippen LogP contribution is -2.14. The van der Waals surface area contributed by atoms with Gasteiger partial charge in [-0.05, 0) is 68.3 Å². The van der Waals surface area contributed by atoms with Gasteiger partial charge in [0.2, 0.25) is 0 Å². The van der Waals surface area contributed by atoms with E-state index in [9.17, 15) is 4.79 Å². The third-order valence-electron chi connectivity index (χ3n) is 5.78. The van der Waals surface area contributed by atoms with Gasteiger partial charge in [0, 0.05) is 16.1 Å². The van der Waals surface area contributed by atoms with Gasteiger partial charge >= 0.3 is 5.97 Å². The van der Waals surface area contributed by atoms with Crippen LogP contribution in [0.25, 0.3) is 5.57 Å². The Balaban J connectivity index is 1.75. The molecule has 0 aliphatic heterocycles. The second kappa shape index (κ2) is 15.3. The third kappa shape index (κ3) is 8.35. The van der Waals surface area contributed by atoms with Gasteiger partial charge in [0.05, 0.1) is 20.5 Å². The van der Waals surface area contributed by atoms with E-state index >= 15 is 0 Å². The van der Waals surface area contributed by atoms with Crippen molar-refractivity contribution < 1.29 is 28.7 Å². The van der Waals surface area contributed by atoms with Crippen LogP contribution in [0.4, 0.5) is 0 Å². The number of rotatable bonds is 13. The molecule has 3 aromatic rings. The van der Waals surface area contributed by atoms with Crippen LogP contribution in [0.5, 0.6) is 5.75 Å². The van der Waals surface area contributed by atoms with Crippen LogP contribution in [0.3, 0.4) is 0 Å². The highest BCUT2D eigenvalue weighted by atomic mass is 35.5. The molecule has 0 aromatic heterocycles. The lowest BCUT2D eigenvalue weighted by molar-refractivity contribution is -0.133. The molecule has 0 fully saturated rings. The summed E-state index contributed by atoms with van der Waals surface area (Å²) in [6, 6.07) is 22.4. The molecule has 0 saturated heterocycles. The first-order valence-electron chi connectivity index (χ1n) is 12.7. The number of carbonyl (C=O) groups excluding carboxylic acids is 1. The van der Waals surface area contributed by atoms with Gasteiger partial charge in [0.25, 0.3) is 0 Å². The van der Waals surface area contributed by atoms with E-state index in [2.05, 4.69) is 10.3 Å². The second-order valence-corrected chi connectivity index (χ2v) is 9.00. The number of carbonyl (C=O) groups is 1. The summed E-state index contributed by atoms with van der Waals surface area (Å²) < 4.78 is 16.1. The molecule has 3 rings (SSSR count). The van der Waals surface area contributed by atoms with Crippen molar-refractivity contribution in [3.63, 3.8) is 0 Å². The molecule has 0 N–H and O–H groups in total. The predicted molar refractivity (Wildman–Crippen MR) is 156 cm³/mol. The summed E-state index contributed by atoms with van der Waals surface area (Å²) in [6.07, 6.45) is 1.19. The Bertz CT molecular complexity index is 1350. The molecular weight excluding hydrogens is 532 g/mol. The van der Waals surface area contributed by atoms with Crippen molar-refractivity contribution >= 4 is 34.6 Å². The lowest BCUT2D eigenvalue weighted by Gasteiger charge is -2.16. The van der Waals surface area contributed by atoms with E-state index in [1.807, 2.05) is 80.6 Å². The highest BCUT2D eigenvalue weighted by molar-refractivity contribution is 6.47. The van der Waals surface area contributed by atoms with E-state index in [1.165, 1.54) is 20.5 Å². The fourth-order valence-electron chi connectivity index (χ4n) is 3.75. The summed E-state index contributed by atoms with van der Waals surface area (Å²) in [5.41, 5.74) is 4.45. The van der Waals surface area contributed by atoms with E-state index in [1.54, 1.807) is 13.0 Å². The molecule has 210 valence electrons. The van der Waals surface area contributed by atoms with Crippen molar-refractivity contribution in [3.05, 3.63) is 106 Å². The van der Waals surface area contributed by atoms with E-state index in [-0.39, 0.29) is 18.3 Å². The van der Waals surface area contributed by atoms with Gasteiger partial charge in [-0.2, -0.15) is 0 Å². The molecule has 0 aliphatic rings. The Morgan fingerprint density at radius 2 is 1.65 bits per heavy atom. The molecule has 0 saturated carbocycles. The fraction of sp³-hybridized carbons (Fsp3) is 0.258. The molecule has 40 heavy (non-hydrogen) atoms. The largest absolute Gasteiger partial charge is 0.503 e. The zero-order valence-corrected chi connectivity index (χ0v) is 24.0. The Morgan fingerprint density at radius 3 is 2.30 bits per heavy atom. The molecule has 0 bridgehead atoms. The summed E-state index contributed by atoms with van der Waals surface area (Å²) >= 11 is 5.99. The van der Waals surface area contributed by atoms with Crippen molar-refractivity contribution in [1.82, 2.24) is 0 Å². The molecule has 0 amide bonds. The summed E-state index contributed by atoms with van der Waals surface area (Å²) in [4.78, 5) is 23.3. The van der Waals surface area contributed by atoms with Crippen LogP contribution in [0, 0.1) is 0 Å². The Labute approximate surface area is 239 Å². The number of oxime groups is 2. The van der Waals surface area contributed by atoms with Gasteiger partial charge in [0.15, 0.2) is 0 Å². The topological polar surface area (TPSA) is 87.9 Å². The first kappa shape index (κ1) is 30.2. The molecule has 0 aliphatic carbocycles. The molecule has 8 nitrogen and oxygen atoms in total. The molecule has 0 radical (unpaired) electrons. The van der Waals surface area contributed by atoms with Gasteiger partial charge < -0.3 is 23.9 Å². The van der Waals surface area contributed by atoms with E-state index < -0.39 is 5.97 Å². The highest BCUT2D eigenvalue weighted by Crippen LogP contribution is 2.24. The van der Waals surface area contributed by atoms with Crippen LogP contribution in [-0.2, 0) is 30.6 Å². The van der Waals surface area contributed by atoms with Crippen molar-refractivity contribution in [2.24, 2.45) is 10.3 Å². The van der Waals surface area contributed by atoms with Crippen LogP contribution < -0.4 is 4.74 Å². The highest BCUT2D eigenvalue weighted by Gasteiger charge is 2.17. The fourth-order valence-corrected chi connectivity index (χ4v) is 3.88. The van der Waals surface area contributed by atoms with Gasteiger partial charge in [0.1, 0.15) is 42.1 Å². The van der Waals surface area contributed by atoms with Crippen LogP contribution in [0.2, 0.25) is 5.02 Å². The van der Waals surface area contributed by atoms with Crippen LogP contribution in [-0.4, -0.2) is 38.2 Å². The lowest BCUT2D eigenvalue weighted by atomic mass is 10.0. The van der Waals surface area contributed by atoms with Crippen LogP contribution >= 0.6 is 11.6 Å². The number of esters is 1. The van der Waals surface area contributed by atoms with Crippen molar-refractivity contribution in [2.45, 2.75) is 33.5 Å². The molecule has 1 atom stereocenters. The van der Waals surface area contributed by atoms with Crippen molar-refractivity contribution in [3.8, 4) is 5.75 Å². The monoisotopic (exact) mass is 564 g/mol. The normalized spacial score (nSPS) is 12.9. The van der Waals surface area contributed by atoms with Crippen molar-refractivity contribution in [1.29, 1.82) is 0 Å². The number of ether oxygens (including phenoxy) is 3. The number of halogens is 1. The summed E-state index contributed by atoms with van der Waals surface area (Å²) in [5, 5.41) is 9.21. The number of hydrogen-bond donors (Lipinski definition) is 0. The number of hydrogen-bond acceptors (Lipinski definition) is 8. The van der Waals surface area contributed by atoms with Gasteiger partial charge in [-0.25, -0.2) is 4.79 Å². The van der Waals surface area contributed by atoms with Crippen LogP contribution in [0.1, 0.15) is 49.1 Å². The molecule has 0 spiro atoms. The van der Waals surface area contributed by atoms with Gasteiger partial charge in [-0.15, -0.1) is 0 Å². The van der Waals surface area contributed by atoms with Gasteiger partial charge in [-0.3, -0.25) is 0 Å². The maximum atomic E-state index is 12.3. The smallest absolute Gasteiger partial charge is 0.341 e. The van der Waals surface area contributed by atoms with E-state index in [0.717, 1.165) is 16.7 Å². The van der Waals surface area contributed by atoms with Gasteiger partial charge in [-0.1, -0.05) is 58.3 Å². The zero-order valence-electron chi connectivity index (χ0n) is 23.2. The standard InChI is InChI=1S/C31H33ClN2O6/c1-6-38-34-30(24-13-17-27(18-14-24)40-22(3)23-11-15-26(32)16-12-23)21(2)33-39-19-25-9-7-8-10-28(25)29(20-36-4)31(35)37-5/h7-18,20,22H,6,19H2,1-5H3. The van der Waals surface area contributed by atoms with E-state index in [4.69, 9.17) is 35.5 Å². The Hall–Kier alpha value is -4.30. The minimum atomic E-state index is -0.518. The maximum Gasteiger partial charge on any atom is 0.341 e. The SMILES string of the molecule is CCON=C(C(C)=NOCc1ccccc1C(=COC)C(=O)OC)c1ccc(OC(C)c2ccc(Cl)cc2)cc1. The minimum Gasteiger partial charge on any atom is -0.503 e.